The van der Waals surface area contributed by atoms with Crippen molar-refractivity contribution in [3.63, 3.8) is 0 Å². The highest BCUT2D eigenvalue weighted by Crippen LogP contribution is 2.32. The molecule has 29 heavy (non-hydrogen) atoms. The van der Waals surface area contributed by atoms with Crippen molar-refractivity contribution < 1.29 is 19.1 Å². The van der Waals surface area contributed by atoms with Crippen LogP contribution in [0.4, 0.5) is 4.39 Å². The van der Waals surface area contributed by atoms with E-state index in [0.29, 0.717) is 25.8 Å². The molecule has 3 aromatic rings. The Hall–Kier alpha value is -3.15. The summed E-state index contributed by atoms with van der Waals surface area (Å²) in [7, 11) is 0. The fourth-order valence-electron chi connectivity index (χ4n) is 4.13. The van der Waals surface area contributed by atoms with Crippen molar-refractivity contribution in [2.24, 2.45) is 5.92 Å². The molecule has 1 atom stereocenters. The van der Waals surface area contributed by atoms with E-state index in [2.05, 4.69) is 4.98 Å². The number of carbonyl (C=O) groups excluding carboxylic acids is 1. The average molecular weight is 394 g/mol. The van der Waals surface area contributed by atoms with Gasteiger partial charge in [0.2, 0.25) is 5.91 Å². The lowest BCUT2D eigenvalue weighted by Crippen LogP contribution is -2.42. The third-order valence-electron chi connectivity index (χ3n) is 5.64. The highest BCUT2D eigenvalue weighted by Gasteiger charge is 2.28. The SMILES string of the molecule is O=C(O)[C@H]1CCCN(C(=O)CCc2c(-c3ccccc3)[nH]c3ccc(F)cc23)C1. The summed E-state index contributed by atoms with van der Waals surface area (Å²) in [6, 6.07) is 14.4. The molecule has 150 valence electrons. The van der Waals surface area contributed by atoms with Gasteiger partial charge in [0.1, 0.15) is 5.82 Å². The smallest absolute Gasteiger partial charge is 0.308 e. The van der Waals surface area contributed by atoms with Crippen LogP contribution in [0.1, 0.15) is 24.8 Å². The van der Waals surface area contributed by atoms with Gasteiger partial charge in [-0.25, -0.2) is 4.39 Å². The summed E-state index contributed by atoms with van der Waals surface area (Å²) in [5, 5.41) is 10.0. The number of benzene rings is 2. The average Bonchev–Trinajstić information content (AvgIpc) is 3.10. The Labute approximate surface area is 168 Å². The quantitative estimate of drug-likeness (QED) is 0.680. The molecule has 0 radical (unpaired) electrons. The van der Waals surface area contributed by atoms with Gasteiger partial charge in [-0.3, -0.25) is 9.59 Å². The summed E-state index contributed by atoms with van der Waals surface area (Å²) in [4.78, 5) is 29.0. The number of amides is 1. The number of aryl methyl sites for hydroxylation is 1. The Morgan fingerprint density at radius 1 is 1.17 bits per heavy atom. The van der Waals surface area contributed by atoms with Gasteiger partial charge in [0.05, 0.1) is 5.92 Å². The van der Waals surface area contributed by atoms with Crippen LogP contribution < -0.4 is 0 Å². The predicted molar refractivity (Wildman–Crippen MR) is 109 cm³/mol. The molecular weight excluding hydrogens is 371 g/mol. The van der Waals surface area contributed by atoms with Crippen LogP contribution in [-0.4, -0.2) is 40.0 Å². The van der Waals surface area contributed by atoms with Gasteiger partial charge in [0.25, 0.3) is 0 Å². The van der Waals surface area contributed by atoms with E-state index in [9.17, 15) is 19.1 Å². The van der Waals surface area contributed by atoms with Crippen LogP contribution in [0, 0.1) is 11.7 Å². The normalized spacial score (nSPS) is 16.9. The van der Waals surface area contributed by atoms with Gasteiger partial charge >= 0.3 is 5.97 Å². The fourth-order valence-corrected chi connectivity index (χ4v) is 4.13. The van der Waals surface area contributed by atoms with Crippen molar-refractivity contribution >= 4 is 22.8 Å². The number of nitrogens with zero attached hydrogens (tertiary/aromatic N) is 1. The number of fused-ring (bicyclic) bond motifs is 1. The van der Waals surface area contributed by atoms with E-state index in [0.717, 1.165) is 27.7 Å². The van der Waals surface area contributed by atoms with E-state index in [1.54, 1.807) is 11.0 Å². The van der Waals surface area contributed by atoms with Gasteiger partial charge < -0.3 is 15.0 Å². The lowest BCUT2D eigenvalue weighted by molar-refractivity contribution is -0.145. The number of carboxylic acids is 1. The molecule has 1 fully saturated rings. The van der Waals surface area contributed by atoms with Gasteiger partial charge in [0.15, 0.2) is 0 Å². The van der Waals surface area contributed by atoms with Gasteiger partial charge in [-0.15, -0.1) is 0 Å². The van der Waals surface area contributed by atoms with Gasteiger partial charge in [-0.2, -0.15) is 0 Å². The standard InChI is InChI=1S/C23H23FN2O3/c24-17-8-10-20-19(13-17)18(22(25-20)15-5-2-1-3-6-15)9-11-21(27)26-12-4-7-16(14-26)23(28)29/h1-3,5-6,8,10,13,16,25H,4,7,9,11-12,14H2,(H,28,29)/t16-/m0/s1. The minimum Gasteiger partial charge on any atom is -0.481 e. The number of carboxylic acid groups (broad SMARTS) is 1. The Morgan fingerprint density at radius 3 is 2.72 bits per heavy atom. The first-order valence-electron chi connectivity index (χ1n) is 9.89. The molecule has 0 bridgehead atoms. The van der Waals surface area contributed by atoms with Gasteiger partial charge in [-0.05, 0) is 48.6 Å². The van der Waals surface area contributed by atoms with Gasteiger partial charge in [-0.1, -0.05) is 30.3 Å². The van der Waals surface area contributed by atoms with E-state index in [1.165, 1.54) is 12.1 Å². The number of aromatic amines is 1. The molecule has 1 saturated heterocycles. The Balaban J connectivity index is 1.59. The number of piperidine rings is 1. The van der Waals surface area contributed by atoms with Crippen LogP contribution in [0.25, 0.3) is 22.2 Å². The second kappa shape index (κ2) is 8.07. The third kappa shape index (κ3) is 4.01. The number of rotatable bonds is 5. The number of hydrogen-bond donors (Lipinski definition) is 2. The van der Waals surface area contributed by atoms with E-state index in [-0.39, 0.29) is 24.7 Å². The number of halogens is 1. The lowest BCUT2D eigenvalue weighted by atomic mass is 9.97. The Bertz CT molecular complexity index is 1040. The maximum Gasteiger partial charge on any atom is 0.308 e. The predicted octanol–water partition coefficient (Wildman–Crippen LogP) is 4.23. The van der Waals surface area contributed by atoms with Crippen LogP contribution in [0.15, 0.2) is 48.5 Å². The molecule has 0 saturated carbocycles. The van der Waals surface area contributed by atoms with Crippen molar-refractivity contribution in [2.45, 2.75) is 25.7 Å². The van der Waals surface area contributed by atoms with Crippen LogP contribution in [0.5, 0.6) is 0 Å². The summed E-state index contributed by atoms with van der Waals surface area (Å²) in [5.74, 6) is -1.71. The molecule has 1 amide bonds. The molecule has 1 aliphatic rings. The molecule has 2 heterocycles. The number of H-pyrrole nitrogens is 1. The summed E-state index contributed by atoms with van der Waals surface area (Å²) in [6.45, 7) is 0.860. The maximum absolute atomic E-state index is 13.9. The zero-order chi connectivity index (χ0) is 20.4. The number of aromatic nitrogens is 1. The minimum absolute atomic E-state index is 0.0549. The van der Waals surface area contributed by atoms with Crippen molar-refractivity contribution in [2.75, 3.05) is 13.1 Å². The van der Waals surface area contributed by atoms with Crippen molar-refractivity contribution in [1.29, 1.82) is 0 Å². The van der Waals surface area contributed by atoms with Crippen LogP contribution in [-0.2, 0) is 16.0 Å². The molecule has 0 unspecified atom stereocenters. The molecule has 4 rings (SSSR count). The molecule has 2 aromatic carbocycles. The van der Waals surface area contributed by atoms with E-state index in [1.807, 2.05) is 30.3 Å². The number of carbonyl (C=O) groups is 2. The molecule has 1 aromatic heterocycles. The molecule has 5 nitrogen and oxygen atoms in total. The Morgan fingerprint density at radius 2 is 1.97 bits per heavy atom. The van der Waals surface area contributed by atoms with Crippen LogP contribution >= 0.6 is 0 Å². The fraction of sp³-hybridized carbons (Fsp3) is 0.304. The third-order valence-corrected chi connectivity index (χ3v) is 5.64. The first-order chi connectivity index (χ1) is 14.0. The monoisotopic (exact) mass is 394 g/mol. The summed E-state index contributed by atoms with van der Waals surface area (Å²) in [6.07, 6.45) is 2.03. The Kier molecular flexibility index (Phi) is 5.34. The summed E-state index contributed by atoms with van der Waals surface area (Å²) < 4.78 is 13.9. The van der Waals surface area contributed by atoms with E-state index >= 15 is 0 Å². The molecule has 1 aliphatic heterocycles. The van der Waals surface area contributed by atoms with Crippen LogP contribution in [0.2, 0.25) is 0 Å². The highest BCUT2D eigenvalue weighted by molar-refractivity contribution is 5.91. The minimum atomic E-state index is -0.846. The van der Waals surface area contributed by atoms with Crippen LogP contribution in [0.3, 0.4) is 0 Å². The second-order valence-electron chi connectivity index (χ2n) is 7.55. The van der Waals surface area contributed by atoms with E-state index in [4.69, 9.17) is 0 Å². The highest BCUT2D eigenvalue weighted by atomic mass is 19.1. The van der Waals surface area contributed by atoms with Crippen molar-refractivity contribution in [3.8, 4) is 11.3 Å². The molecule has 0 aliphatic carbocycles. The molecular formula is C23H23FN2O3. The van der Waals surface area contributed by atoms with E-state index < -0.39 is 11.9 Å². The second-order valence-corrected chi connectivity index (χ2v) is 7.55. The topological polar surface area (TPSA) is 73.4 Å². The first kappa shape index (κ1) is 19.2. The van der Waals surface area contributed by atoms with Crippen molar-refractivity contribution in [1.82, 2.24) is 9.88 Å². The number of aliphatic carboxylic acids is 1. The largest absolute Gasteiger partial charge is 0.481 e. The zero-order valence-electron chi connectivity index (χ0n) is 16.0. The molecule has 2 N–H and O–H groups in total. The van der Waals surface area contributed by atoms with Crippen molar-refractivity contribution in [3.05, 3.63) is 59.9 Å². The summed E-state index contributed by atoms with van der Waals surface area (Å²) >= 11 is 0. The number of likely N-dealkylation sites (tertiary alicyclic amines) is 1. The zero-order valence-corrected chi connectivity index (χ0v) is 16.0. The molecule has 6 heteroatoms. The molecule has 0 spiro atoms. The van der Waals surface area contributed by atoms with Gasteiger partial charge in [0, 0.05) is 36.1 Å². The first-order valence-corrected chi connectivity index (χ1v) is 9.89. The lowest BCUT2D eigenvalue weighted by Gasteiger charge is -2.30. The summed E-state index contributed by atoms with van der Waals surface area (Å²) in [5.41, 5.74) is 3.61. The maximum atomic E-state index is 13.9. The number of nitrogens with one attached hydrogen (secondary N) is 1. The number of hydrogen-bond acceptors (Lipinski definition) is 2.